The van der Waals surface area contributed by atoms with E-state index in [9.17, 15) is 13.2 Å². The Morgan fingerprint density at radius 2 is 2.18 bits per heavy atom. The fourth-order valence-electron chi connectivity index (χ4n) is 1.88. The number of furan rings is 1. The number of aromatic nitrogens is 1. The lowest BCUT2D eigenvalue weighted by Gasteiger charge is -2.12. The summed E-state index contributed by atoms with van der Waals surface area (Å²) in [5.41, 5.74) is 0.259. The van der Waals surface area contributed by atoms with Gasteiger partial charge in [-0.05, 0) is 26.0 Å². The molecule has 0 aliphatic carbocycles. The molecule has 22 heavy (non-hydrogen) atoms. The van der Waals surface area contributed by atoms with Crippen LogP contribution in [0.1, 0.15) is 30.1 Å². The highest BCUT2D eigenvalue weighted by Gasteiger charge is 2.19. The molecule has 2 aromatic rings. The van der Waals surface area contributed by atoms with Gasteiger partial charge in [-0.2, -0.15) is 0 Å². The molecule has 2 aromatic heterocycles. The Morgan fingerprint density at radius 3 is 2.77 bits per heavy atom. The quantitative estimate of drug-likeness (QED) is 0.870. The third-order valence-electron chi connectivity index (χ3n) is 3.01. The summed E-state index contributed by atoms with van der Waals surface area (Å²) in [5, 5.41) is 4.90. The number of carbonyl (C=O) groups excluding carboxylic acids is 1. The molecule has 8 heteroatoms. The number of hydrogen-bond donors (Lipinski definition) is 1. The minimum absolute atomic E-state index is 0.0614. The number of rotatable bonds is 6. The molecule has 0 fully saturated rings. The van der Waals surface area contributed by atoms with Gasteiger partial charge in [-0.15, -0.1) is 11.3 Å². The van der Waals surface area contributed by atoms with E-state index in [-0.39, 0.29) is 23.1 Å². The van der Waals surface area contributed by atoms with Gasteiger partial charge < -0.3 is 9.73 Å². The van der Waals surface area contributed by atoms with E-state index in [1.807, 2.05) is 13.0 Å². The minimum Gasteiger partial charge on any atom is -0.459 e. The molecular weight excluding hydrogens is 324 g/mol. The van der Waals surface area contributed by atoms with Crippen LogP contribution in [0.25, 0.3) is 10.8 Å². The number of nitrogens with one attached hydrogen (secondary N) is 1. The van der Waals surface area contributed by atoms with E-state index in [0.717, 1.165) is 5.76 Å². The molecule has 0 bridgehead atoms. The van der Waals surface area contributed by atoms with Crippen molar-refractivity contribution >= 4 is 27.1 Å². The summed E-state index contributed by atoms with van der Waals surface area (Å²) in [6.07, 6.45) is 0. The van der Waals surface area contributed by atoms with Gasteiger partial charge in [-0.3, -0.25) is 4.79 Å². The van der Waals surface area contributed by atoms with Crippen LogP contribution in [-0.4, -0.2) is 36.9 Å². The predicted molar refractivity (Wildman–Crippen MR) is 85.8 cm³/mol. The van der Waals surface area contributed by atoms with E-state index in [4.69, 9.17) is 4.42 Å². The first-order valence-electron chi connectivity index (χ1n) is 6.84. The summed E-state index contributed by atoms with van der Waals surface area (Å²) < 4.78 is 28.5. The van der Waals surface area contributed by atoms with Crippen LogP contribution in [0, 0.1) is 6.92 Å². The molecule has 0 unspecified atom stereocenters. The van der Waals surface area contributed by atoms with Gasteiger partial charge in [0.2, 0.25) is 0 Å². The van der Waals surface area contributed by atoms with Crippen LogP contribution in [0.5, 0.6) is 0 Å². The Labute approximate surface area is 133 Å². The Hall–Kier alpha value is -1.67. The van der Waals surface area contributed by atoms with Crippen molar-refractivity contribution in [2.24, 2.45) is 0 Å². The standard InChI is InChI=1S/C14H18N2O4S2/c1-4-22(18,19)8-9(2)15-13(17)11-7-21-14(16-11)12-6-5-10(3)20-12/h5-7,9H,4,8H2,1-3H3,(H,15,17)/t9-/m1/s1. The molecule has 2 rings (SSSR count). The zero-order chi connectivity index (χ0) is 16.3. The van der Waals surface area contributed by atoms with Crippen LogP contribution in [-0.2, 0) is 9.84 Å². The number of carbonyl (C=O) groups is 1. The van der Waals surface area contributed by atoms with Gasteiger partial charge in [0.25, 0.3) is 5.91 Å². The smallest absolute Gasteiger partial charge is 0.271 e. The van der Waals surface area contributed by atoms with Crippen molar-refractivity contribution in [1.29, 1.82) is 0 Å². The molecule has 0 aliphatic heterocycles. The van der Waals surface area contributed by atoms with E-state index in [1.54, 1.807) is 25.3 Å². The predicted octanol–water partition coefficient (Wildman–Crippen LogP) is 2.26. The normalized spacial score (nSPS) is 13.0. The zero-order valence-corrected chi connectivity index (χ0v) is 14.3. The van der Waals surface area contributed by atoms with Crippen molar-refractivity contribution in [3.05, 3.63) is 29.0 Å². The number of nitrogens with zero attached hydrogens (tertiary/aromatic N) is 1. The fourth-order valence-corrected chi connectivity index (χ4v) is 3.72. The Bertz CT molecular complexity index is 761. The minimum atomic E-state index is -3.13. The maximum Gasteiger partial charge on any atom is 0.271 e. The van der Waals surface area contributed by atoms with Crippen molar-refractivity contribution in [2.75, 3.05) is 11.5 Å². The van der Waals surface area contributed by atoms with Crippen LogP contribution in [0.3, 0.4) is 0 Å². The lowest BCUT2D eigenvalue weighted by atomic mass is 10.3. The molecule has 6 nitrogen and oxygen atoms in total. The summed E-state index contributed by atoms with van der Waals surface area (Å²) in [6, 6.07) is 3.16. The second-order valence-corrected chi connectivity index (χ2v) is 8.28. The first-order chi connectivity index (χ1) is 10.3. The largest absolute Gasteiger partial charge is 0.459 e. The second kappa shape index (κ2) is 6.62. The first kappa shape index (κ1) is 16.7. The molecule has 0 radical (unpaired) electrons. The summed E-state index contributed by atoms with van der Waals surface area (Å²) in [4.78, 5) is 16.3. The van der Waals surface area contributed by atoms with Crippen molar-refractivity contribution in [3.8, 4) is 10.8 Å². The summed E-state index contributed by atoms with van der Waals surface area (Å²) in [5.74, 6) is 0.984. The number of sulfone groups is 1. The molecule has 120 valence electrons. The van der Waals surface area contributed by atoms with E-state index in [1.165, 1.54) is 11.3 Å². The third kappa shape index (κ3) is 4.17. The third-order valence-corrected chi connectivity index (χ3v) is 5.75. The van der Waals surface area contributed by atoms with E-state index in [2.05, 4.69) is 10.3 Å². The van der Waals surface area contributed by atoms with Crippen molar-refractivity contribution < 1.29 is 17.6 Å². The highest BCUT2D eigenvalue weighted by atomic mass is 32.2. The van der Waals surface area contributed by atoms with Gasteiger partial charge in [0, 0.05) is 17.2 Å². The van der Waals surface area contributed by atoms with Crippen LogP contribution < -0.4 is 5.32 Å². The SMILES string of the molecule is CCS(=O)(=O)C[C@@H](C)NC(=O)c1csc(-c2ccc(C)o2)n1. The molecule has 1 N–H and O–H groups in total. The summed E-state index contributed by atoms with van der Waals surface area (Å²) >= 11 is 1.31. The van der Waals surface area contributed by atoms with Gasteiger partial charge in [0.15, 0.2) is 20.6 Å². The molecule has 0 aromatic carbocycles. The highest BCUT2D eigenvalue weighted by molar-refractivity contribution is 7.91. The molecule has 1 amide bonds. The van der Waals surface area contributed by atoms with Crippen LogP contribution in [0.4, 0.5) is 0 Å². The van der Waals surface area contributed by atoms with Crippen LogP contribution in [0.15, 0.2) is 21.9 Å². The second-order valence-electron chi connectivity index (χ2n) is 5.02. The molecule has 0 aliphatic rings. The highest BCUT2D eigenvalue weighted by Crippen LogP contribution is 2.25. The monoisotopic (exact) mass is 342 g/mol. The lowest BCUT2D eigenvalue weighted by Crippen LogP contribution is -2.38. The van der Waals surface area contributed by atoms with Gasteiger partial charge in [-0.1, -0.05) is 6.92 Å². The zero-order valence-electron chi connectivity index (χ0n) is 12.6. The van der Waals surface area contributed by atoms with E-state index in [0.29, 0.717) is 10.8 Å². The average molecular weight is 342 g/mol. The van der Waals surface area contributed by atoms with E-state index >= 15 is 0 Å². The molecule has 2 heterocycles. The Balaban J connectivity index is 2.03. The van der Waals surface area contributed by atoms with Gasteiger partial charge in [-0.25, -0.2) is 13.4 Å². The Kier molecular flexibility index (Phi) is 5.02. The van der Waals surface area contributed by atoms with Gasteiger partial charge in [0.05, 0.1) is 5.75 Å². The van der Waals surface area contributed by atoms with Gasteiger partial charge >= 0.3 is 0 Å². The number of hydrogen-bond acceptors (Lipinski definition) is 6. The summed E-state index contributed by atoms with van der Waals surface area (Å²) in [6.45, 7) is 5.08. The lowest BCUT2D eigenvalue weighted by molar-refractivity contribution is 0.0939. The maximum atomic E-state index is 12.1. The fraction of sp³-hybridized carbons (Fsp3) is 0.429. The Morgan fingerprint density at radius 1 is 1.45 bits per heavy atom. The van der Waals surface area contributed by atoms with Crippen molar-refractivity contribution in [1.82, 2.24) is 10.3 Å². The maximum absolute atomic E-state index is 12.1. The topological polar surface area (TPSA) is 89.3 Å². The molecular formula is C14H18N2O4S2. The first-order valence-corrected chi connectivity index (χ1v) is 9.54. The van der Waals surface area contributed by atoms with Crippen molar-refractivity contribution in [3.63, 3.8) is 0 Å². The molecule has 0 spiro atoms. The average Bonchev–Trinajstić information content (AvgIpc) is 3.06. The van der Waals surface area contributed by atoms with E-state index < -0.39 is 15.9 Å². The number of thiazole rings is 1. The summed E-state index contributed by atoms with van der Waals surface area (Å²) in [7, 11) is -3.13. The van der Waals surface area contributed by atoms with Gasteiger partial charge in [0.1, 0.15) is 11.5 Å². The molecule has 0 saturated carbocycles. The molecule has 0 saturated heterocycles. The van der Waals surface area contributed by atoms with Crippen LogP contribution >= 0.6 is 11.3 Å². The number of aryl methyl sites for hydroxylation is 1. The molecule has 1 atom stereocenters. The number of amides is 1. The van der Waals surface area contributed by atoms with Crippen LogP contribution in [0.2, 0.25) is 0 Å². The van der Waals surface area contributed by atoms with Crippen molar-refractivity contribution in [2.45, 2.75) is 26.8 Å².